The molecule has 1 aromatic heterocycles. The fourth-order valence-corrected chi connectivity index (χ4v) is 3.30. The molecule has 0 aliphatic carbocycles. The molecule has 0 aliphatic heterocycles. The summed E-state index contributed by atoms with van der Waals surface area (Å²) in [6, 6.07) is -0.770. The van der Waals surface area contributed by atoms with E-state index < -0.39 is 16.1 Å². The largest absolute Gasteiger partial charge is 0.409 e. The van der Waals surface area contributed by atoms with Crippen LogP contribution in [0, 0.1) is 13.8 Å². The molecule has 8 nitrogen and oxygen atoms in total. The van der Waals surface area contributed by atoms with Crippen molar-refractivity contribution in [2.24, 2.45) is 10.9 Å². The molecule has 0 aromatic carbocycles. The van der Waals surface area contributed by atoms with Crippen molar-refractivity contribution in [1.29, 1.82) is 0 Å². The average Bonchev–Trinajstić information content (AvgIpc) is 2.67. The van der Waals surface area contributed by atoms with Crippen LogP contribution in [0.15, 0.2) is 14.6 Å². The van der Waals surface area contributed by atoms with E-state index in [-0.39, 0.29) is 22.2 Å². The second kappa shape index (κ2) is 6.02. The first-order valence-electron chi connectivity index (χ1n) is 5.76. The smallest absolute Gasteiger partial charge is 0.246 e. The van der Waals surface area contributed by atoms with Gasteiger partial charge >= 0.3 is 0 Å². The van der Waals surface area contributed by atoms with Crippen LogP contribution < -0.4 is 10.5 Å². The molecule has 0 aliphatic rings. The Morgan fingerprint density at radius 2 is 2.21 bits per heavy atom. The van der Waals surface area contributed by atoms with Gasteiger partial charge < -0.3 is 15.5 Å². The molecule has 19 heavy (non-hydrogen) atoms. The van der Waals surface area contributed by atoms with Crippen LogP contribution in [0.5, 0.6) is 0 Å². The lowest BCUT2D eigenvalue weighted by Gasteiger charge is -2.16. The Kier molecular flexibility index (Phi) is 4.90. The van der Waals surface area contributed by atoms with E-state index in [4.69, 9.17) is 15.5 Å². The van der Waals surface area contributed by atoms with Gasteiger partial charge in [0.05, 0.1) is 6.04 Å². The van der Waals surface area contributed by atoms with Gasteiger partial charge in [0.2, 0.25) is 10.0 Å². The summed E-state index contributed by atoms with van der Waals surface area (Å²) in [5.74, 6) is 0.0111. The van der Waals surface area contributed by atoms with Gasteiger partial charge in [-0.25, -0.2) is 13.1 Å². The third kappa shape index (κ3) is 3.44. The summed E-state index contributed by atoms with van der Waals surface area (Å²) >= 11 is 0. The number of nitrogens with two attached hydrogens (primary N) is 1. The van der Waals surface area contributed by atoms with Crippen molar-refractivity contribution < 1.29 is 18.1 Å². The lowest BCUT2D eigenvalue weighted by molar-refractivity contribution is 0.315. The van der Waals surface area contributed by atoms with E-state index >= 15 is 0 Å². The summed E-state index contributed by atoms with van der Waals surface area (Å²) in [5, 5.41) is 15.1. The molecule has 1 heterocycles. The molecule has 1 rings (SSSR count). The highest BCUT2D eigenvalue weighted by atomic mass is 32.2. The van der Waals surface area contributed by atoms with Crippen LogP contribution in [0.2, 0.25) is 0 Å². The van der Waals surface area contributed by atoms with Crippen molar-refractivity contribution >= 4 is 15.9 Å². The van der Waals surface area contributed by atoms with Gasteiger partial charge in [-0.15, -0.1) is 0 Å². The second-order valence-corrected chi connectivity index (χ2v) is 5.79. The molecule has 0 spiro atoms. The number of amidine groups is 1. The number of hydrogen-bond acceptors (Lipinski definition) is 6. The third-order valence-corrected chi connectivity index (χ3v) is 4.30. The number of aryl methyl sites for hydroxylation is 2. The van der Waals surface area contributed by atoms with Crippen molar-refractivity contribution in [3.8, 4) is 0 Å². The summed E-state index contributed by atoms with van der Waals surface area (Å²) in [4.78, 5) is -0.0145. The average molecular weight is 290 g/mol. The normalized spacial score (nSPS) is 14.6. The maximum absolute atomic E-state index is 12.2. The number of aromatic nitrogens is 1. The lowest BCUT2D eigenvalue weighted by Crippen LogP contribution is -2.44. The molecule has 1 unspecified atom stereocenters. The van der Waals surface area contributed by atoms with Crippen LogP contribution in [0.1, 0.15) is 31.2 Å². The van der Waals surface area contributed by atoms with Gasteiger partial charge in [-0.2, -0.15) is 0 Å². The van der Waals surface area contributed by atoms with Crippen molar-refractivity contribution in [3.63, 3.8) is 0 Å². The van der Waals surface area contributed by atoms with Gasteiger partial charge in [-0.1, -0.05) is 23.7 Å². The number of nitrogens with zero attached hydrogens (tertiary/aromatic N) is 2. The number of rotatable bonds is 6. The zero-order valence-electron chi connectivity index (χ0n) is 11.0. The molecule has 9 heteroatoms. The van der Waals surface area contributed by atoms with E-state index in [0.29, 0.717) is 12.8 Å². The van der Waals surface area contributed by atoms with Crippen molar-refractivity contribution in [2.45, 2.75) is 44.6 Å². The van der Waals surface area contributed by atoms with Gasteiger partial charge in [0.1, 0.15) is 10.6 Å². The van der Waals surface area contributed by atoms with E-state index in [0.717, 1.165) is 0 Å². The van der Waals surface area contributed by atoms with Crippen LogP contribution in [0.4, 0.5) is 0 Å². The standard InChI is InChI=1S/C10H18N4O4S/c1-4-5-8(10(11)12-15)14-19(16,17)9-6(2)13-18-7(9)3/h8,14-15H,4-5H2,1-3H3,(H2,11,12). The fourth-order valence-electron chi connectivity index (χ4n) is 1.73. The van der Waals surface area contributed by atoms with Crippen LogP contribution in [-0.4, -0.2) is 30.7 Å². The highest BCUT2D eigenvalue weighted by molar-refractivity contribution is 7.89. The highest BCUT2D eigenvalue weighted by Gasteiger charge is 2.28. The van der Waals surface area contributed by atoms with Crippen LogP contribution >= 0.6 is 0 Å². The lowest BCUT2D eigenvalue weighted by atomic mass is 10.2. The second-order valence-electron chi connectivity index (χ2n) is 4.14. The van der Waals surface area contributed by atoms with Gasteiger partial charge in [-0.05, 0) is 20.3 Å². The fraction of sp³-hybridized carbons (Fsp3) is 0.600. The maximum atomic E-state index is 12.2. The Balaban J connectivity index is 3.08. The Morgan fingerprint density at radius 3 is 2.63 bits per heavy atom. The molecule has 4 N–H and O–H groups in total. The molecule has 1 atom stereocenters. The summed E-state index contributed by atoms with van der Waals surface area (Å²) in [6.07, 6.45) is 1.09. The zero-order valence-corrected chi connectivity index (χ0v) is 11.9. The molecule has 0 saturated heterocycles. The molecule has 0 bridgehead atoms. The minimum absolute atomic E-state index is 0.0145. The molecule has 0 fully saturated rings. The summed E-state index contributed by atoms with van der Waals surface area (Å²) in [5.41, 5.74) is 5.74. The quantitative estimate of drug-likeness (QED) is 0.302. The zero-order chi connectivity index (χ0) is 14.6. The Bertz CT molecular complexity index is 545. The van der Waals surface area contributed by atoms with Gasteiger partial charge in [-0.3, -0.25) is 0 Å². The monoisotopic (exact) mass is 290 g/mol. The van der Waals surface area contributed by atoms with Crippen LogP contribution in [0.3, 0.4) is 0 Å². The van der Waals surface area contributed by atoms with E-state index in [9.17, 15) is 8.42 Å². The number of oxime groups is 1. The molecule has 0 amide bonds. The summed E-state index contributed by atoms with van der Waals surface area (Å²) in [7, 11) is -3.83. The van der Waals surface area contributed by atoms with Crippen LogP contribution in [-0.2, 0) is 10.0 Å². The molecule has 1 aromatic rings. The maximum Gasteiger partial charge on any atom is 0.246 e. The van der Waals surface area contributed by atoms with Crippen LogP contribution in [0.25, 0.3) is 0 Å². The van der Waals surface area contributed by atoms with E-state index in [2.05, 4.69) is 15.0 Å². The SMILES string of the molecule is CCCC(NS(=O)(=O)c1c(C)noc1C)/C(N)=N/O. The van der Waals surface area contributed by atoms with Gasteiger partial charge in [0.25, 0.3) is 0 Å². The summed E-state index contributed by atoms with van der Waals surface area (Å²) < 4.78 is 31.7. The highest BCUT2D eigenvalue weighted by Crippen LogP contribution is 2.19. The van der Waals surface area contributed by atoms with Crippen molar-refractivity contribution in [3.05, 3.63) is 11.5 Å². The molecule has 0 saturated carbocycles. The predicted molar refractivity (Wildman–Crippen MR) is 68.4 cm³/mol. The minimum Gasteiger partial charge on any atom is -0.409 e. The first kappa shape index (κ1) is 15.4. The Hall–Kier alpha value is -1.61. The predicted octanol–water partition coefficient (Wildman–Crippen LogP) is 0.485. The van der Waals surface area contributed by atoms with E-state index in [1.807, 2.05) is 6.92 Å². The van der Waals surface area contributed by atoms with Crippen molar-refractivity contribution in [1.82, 2.24) is 9.88 Å². The number of sulfonamides is 1. The molecule has 0 radical (unpaired) electrons. The number of hydrogen-bond donors (Lipinski definition) is 3. The minimum atomic E-state index is -3.83. The third-order valence-electron chi connectivity index (χ3n) is 2.58. The first-order valence-corrected chi connectivity index (χ1v) is 7.24. The van der Waals surface area contributed by atoms with E-state index in [1.54, 1.807) is 0 Å². The van der Waals surface area contributed by atoms with Gasteiger partial charge in [0.15, 0.2) is 11.6 Å². The van der Waals surface area contributed by atoms with Crippen molar-refractivity contribution in [2.75, 3.05) is 0 Å². The van der Waals surface area contributed by atoms with E-state index in [1.165, 1.54) is 13.8 Å². The first-order chi connectivity index (χ1) is 8.83. The molecular formula is C10H18N4O4S. The topological polar surface area (TPSA) is 131 Å². The molecular weight excluding hydrogens is 272 g/mol. The Labute approximate surface area is 111 Å². The van der Waals surface area contributed by atoms with Gasteiger partial charge in [0, 0.05) is 0 Å². The summed E-state index contributed by atoms with van der Waals surface area (Å²) in [6.45, 7) is 4.90. The molecule has 108 valence electrons. The number of nitrogens with one attached hydrogen (secondary N) is 1. The Morgan fingerprint density at radius 1 is 1.58 bits per heavy atom.